The first-order valence-corrected chi connectivity index (χ1v) is 9.94. The smallest absolute Gasteiger partial charge is 0.191 e. The topological polar surface area (TPSA) is 87.4 Å². The van der Waals surface area contributed by atoms with Gasteiger partial charge < -0.3 is 20.3 Å². The second-order valence-corrected chi connectivity index (χ2v) is 6.82. The summed E-state index contributed by atoms with van der Waals surface area (Å²) in [4.78, 5) is 4.71. The van der Waals surface area contributed by atoms with Crippen LogP contribution in [0.3, 0.4) is 0 Å². The average molecular weight is 371 g/mol. The number of phenolic OH excluding ortho intramolecular Hbond substituents is 1. The molecule has 0 aliphatic heterocycles. The normalized spacial score (nSPS) is 14.1. The summed E-state index contributed by atoms with van der Waals surface area (Å²) in [6.07, 6.45) is 7.18. The van der Waals surface area contributed by atoms with Crippen LogP contribution in [0.25, 0.3) is 0 Å². The van der Waals surface area contributed by atoms with Crippen LogP contribution >= 0.6 is 0 Å². The highest BCUT2D eigenvalue weighted by Gasteiger charge is 2.16. The third-order valence-corrected chi connectivity index (χ3v) is 5.02. The maximum atomic E-state index is 10.3. The van der Waals surface area contributed by atoms with Crippen LogP contribution in [0.2, 0.25) is 0 Å². The van der Waals surface area contributed by atoms with Crippen molar-refractivity contribution < 1.29 is 5.11 Å². The van der Waals surface area contributed by atoms with Gasteiger partial charge in [-0.25, -0.2) is 4.99 Å². The summed E-state index contributed by atoms with van der Waals surface area (Å²) in [5.41, 5.74) is 3.62. The molecule has 0 atom stereocenters. The SMILES string of the molecule is CCNC(=NCc1c(O)ccc2c1CCCC2)NCCn1cnnc1CC. The van der Waals surface area contributed by atoms with Crippen LogP contribution in [0, 0.1) is 0 Å². The highest BCUT2D eigenvalue weighted by atomic mass is 16.3. The molecule has 0 amide bonds. The number of benzene rings is 1. The summed E-state index contributed by atoms with van der Waals surface area (Å²) in [6, 6.07) is 3.87. The molecule has 1 aromatic carbocycles. The summed E-state index contributed by atoms with van der Waals surface area (Å²) in [7, 11) is 0. The first kappa shape index (κ1) is 19.2. The molecular formula is C20H30N6O. The first-order chi connectivity index (χ1) is 13.2. The number of rotatable bonds is 7. The van der Waals surface area contributed by atoms with Crippen molar-refractivity contribution >= 4 is 5.96 Å². The van der Waals surface area contributed by atoms with E-state index in [1.54, 1.807) is 6.33 Å². The Hall–Kier alpha value is -2.57. The van der Waals surface area contributed by atoms with Gasteiger partial charge in [-0.3, -0.25) is 0 Å². The Morgan fingerprint density at radius 1 is 1.22 bits per heavy atom. The maximum absolute atomic E-state index is 10.3. The maximum Gasteiger partial charge on any atom is 0.191 e. The van der Waals surface area contributed by atoms with E-state index in [0.29, 0.717) is 12.3 Å². The molecule has 3 rings (SSSR count). The molecule has 0 fully saturated rings. The van der Waals surface area contributed by atoms with Crippen molar-refractivity contribution in [3.05, 3.63) is 41.0 Å². The molecule has 0 radical (unpaired) electrons. The van der Waals surface area contributed by atoms with Crippen LogP contribution < -0.4 is 10.6 Å². The minimum absolute atomic E-state index is 0.354. The Labute approximate surface area is 160 Å². The second-order valence-electron chi connectivity index (χ2n) is 6.82. The van der Waals surface area contributed by atoms with E-state index in [2.05, 4.69) is 38.4 Å². The molecule has 0 bridgehead atoms. The number of aliphatic imine (C=N–C) groups is 1. The minimum atomic E-state index is 0.354. The monoisotopic (exact) mass is 370 g/mol. The largest absolute Gasteiger partial charge is 0.508 e. The molecule has 3 N–H and O–H groups in total. The van der Waals surface area contributed by atoms with E-state index < -0.39 is 0 Å². The molecular weight excluding hydrogens is 340 g/mol. The van der Waals surface area contributed by atoms with Gasteiger partial charge in [0, 0.05) is 31.6 Å². The van der Waals surface area contributed by atoms with E-state index in [1.165, 1.54) is 24.0 Å². The number of aromatic hydroxyl groups is 1. The lowest BCUT2D eigenvalue weighted by Crippen LogP contribution is -2.39. The average Bonchev–Trinajstić information content (AvgIpc) is 3.14. The number of fused-ring (bicyclic) bond motifs is 1. The summed E-state index contributed by atoms with van der Waals surface area (Å²) in [5.74, 6) is 2.10. The molecule has 2 aromatic rings. The van der Waals surface area contributed by atoms with Gasteiger partial charge in [0.25, 0.3) is 0 Å². The van der Waals surface area contributed by atoms with Crippen molar-refractivity contribution in [3.63, 3.8) is 0 Å². The van der Waals surface area contributed by atoms with Gasteiger partial charge in [0.2, 0.25) is 0 Å². The zero-order chi connectivity index (χ0) is 19.1. The summed E-state index contributed by atoms with van der Waals surface area (Å²) in [6.45, 7) is 6.91. The molecule has 1 aliphatic rings. The van der Waals surface area contributed by atoms with E-state index in [4.69, 9.17) is 4.99 Å². The lowest BCUT2D eigenvalue weighted by atomic mass is 9.88. The van der Waals surface area contributed by atoms with E-state index in [0.717, 1.165) is 56.2 Å². The quantitative estimate of drug-likeness (QED) is 0.514. The van der Waals surface area contributed by atoms with Crippen molar-refractivity contribution in [3.8, 4) is 5.75 Å². The van der Waals surface area contributed by atoms with Crippen LogP contribution in [0.5, 0.6) is 5.75 Å². The van der Waals surface area contributed by atoms with Gasteiger partial charge in [0.1, 0.15) is 17.9 Å². The predicted molar refractivity (Wildman–Crippen MR) is 107 cm³/mol. The van der Waals surface area contributed by atoms with E-state index in [1.807, 2.05) is 13.0 Å². The molecule has 27 heavy (non-hydrogen) atoms. The molecule has 146 valence electrons. The molecule has 1 heterocycles. The molecule has 7 nitrogen and oxygen atoms in total. The first-order valence-electron chi connectivity index (χ1n) is 9.94. The fourth-order valence-electron chi connectivity index (χ4n) is 3.60. The fraction of sp³-hybridized carbons (Fsp3) is 0.550. The third-order valence-electron chi connectivity index (χ3n) is 5.02. The Balaban J connectivity index is 1.65. The molecule has 7 heteroatoms. The molecule has 0 saturated carbocycles. The highest BCUT2D eigenvalue weighted by molar-refractivity contribution is 5.79. The van der Waals surface area contributed by atoms with E-state index in [-0.39, 0.29) is 0 Å². The molecule has 1 aromatic heterocycles. The van der Waals surface area contributed by atoms with Crippen LogP contribution in [0.15, 0.2) is 23.5 Å². The Bertz CT molecular complexity index is 783. The zero-order valence-electron chi connectivity index (χ0n) is 16.3. The lowest BCUT2D eigenvalue weighted by Gasteiger charge is -2.20. The lowest BCUT2D eigenvalue weighted by molar-refractivity contribution is 0.465. The van der Waals surface area contributed by atoms with Crippen LogP contribution in [-0.4, -0.2) is 38.9 Å². The number of hydrogen-bond donors (Lipinski definition) is 3. The summed E-state index contributed by atoms with van der Waals surface area (Å²) >= 11 is 0. The zero-order valence-corrected chi connectivity index (χ0v) is 16.3. The number of guanidine groups is 1. The van der Waals surface area contributed by atoms with Crippen molar-refractivity contribution in [2.75, 3.05) is 13.1 Å². The number of aromatic nitrogens is 3. The number of nitrogens with one attached hydrogen (secondary N) is 2. The third kappa shape index (κ3) is 4.78. The molecule has 0 unspecified atom stereocenters. The number of aryl methyl sites for hydroxylation is 2. The van der Waals surface area contributed by atoms with Gasteiger partial charge in [0.05, 0.1) is 6.54 Å². The predicted octanol–water partition coefficient (Wildman–Crippen LogP) is 2.18. The van der Waals surface area contributed by atoms with Gasteiger partial charge in [-0.2, -0.15) is 0 Å². The second kappa shape index (κ2) is 9.39. The van der Waals surface area contributed by atoms with E-state index >= 15 is 0 Å². The number of phenols is 1. The molecule has 0 saturated heterocycles. The van der Waals surface area contributed by atoms with Gasteiger partial charge >= 0.3 is 0 Å². The van der Waals surface area contributed by atoms with Crippen molar-refractivity contribution in [1.82, 2.24) is 25.4 Å². The van der Waals surface area contributed by atoms with Gasteiger partial charge in [-0.05, 0) is 49.8 Å². The Morgan fingerprint density at radius 2 is 2.07 bits per heavy atom. The Kier molecular flexibility index (Phi) is 6.68. The van der Waals surface area contributed by atoms with Crippen molar-refractivity contribution in [1.29, 1.82) is 0 Å². The molecule has 0 spiro atoms. The van der Waals surface area contributed by atoms with E-state index in [9.17, 15) is 5.11 Å². The molecule has 1 aliphatic carbocycles. The van der Waals surface area contributed by atoms with Gasteiger partial charge in [0.15, 0.2) is 5.96 Å². The van der Waals surface area contributed by atoms with Crippen LogP contribution in [0.4, 0.5) is 0 Å². The van der Waals surface area contributed by atoms with Gasteiger partial charge in [-0.15, -0.1) is 10.2 Å². The summed E-state index contributed by atoms with van der Waals surface area (Å²) in [5, 5.41) is 25.1. The fourth-order valence-corrected chi connectivity index (χ4v) is 3.60. The number of hydrogen-bond acceptors (Lipinski definition) is 4. The standard InChI is InChI=1S/C20H30N6O/c1-3-19-25-24-14-26(19)12-11-22-20(21-4-2)23-13-17-16-8-6-5-7-15(16)9-10-18(17)27/h9-10,14,27H,3-8,11-13H2,1-2H3,(H2,21,22,23). The highest BCUT2D eigenvalue weighted by Crippen LogP contribution is 2.30. The van der Waals surface area contributed by atoms with Crippen molar-refractivity contribution in [2.45, 2.75) is 59.0 Å². The summed E-state index contributed by atoms with van der Waals surface area (Å²) < 4.78 is 2.05. The number of nitrogens with zero attached hydrogens (tertiary/aromatic N) is 4. The van der Waals surface area contributed by atoms with Crippen molar-refractivity contribution in [2.24, 2.45) is 4.99 Å². The minimum Gasteiger partial charge on any atom is -0.508 e. The van der Waals surface area contributed by atoms with Crippen LogP contribution in [0.1, 0.15) is 49.2 Å². The van der Waals surface area contributed by atoms with Gasteiger partial charge in [-0.1, -0.05) is 13.0 Å². The Morgan fingerprint density at radius 3 is 2.89 bits per heavy atom. The van der Waals surface area contributed by atoms with Crippen LogP contribution in [-0.2, 0) is 32.4 Å².